The highest BCUT2D eigenvalue weighted by Gasteiger charge is 2.39. The van der Waals surface area contributed by atoms with Crippen LogP contribution in [0.1, 0.15) is 66.4 Å². The molecule has 1 saturated heterocycles. The summed E-state index contributed by atoms with van der Waals surface area (Å²) in [6, 6.07) is 9.85. The summed E-state index contributed by atoms with van der Waals surface area (Å²) < 4.78 is 13.2. The molecule has 4 rings (SSSR count). The highest BCUT2D eigenvalue weighted by molar-refractivity contribution is 5.91. The molecule has 0 spiro atoms. The van der Waals surface area contributed by atoms with Crippen molar-refractivity contribution in [3.8, 4) is 0 Å². The molecule has 1 aliphatic heterocycles. The van der Waals surface area contributed by atoms with Gasteiger partial charge in [0.25, 0.3) is 5.56 Å². The van der Waals surface area contributed by atoms with Crippen molar-refractivity contribution in [2.24, 2.45) is 0 Å². The summed E-state index contributed by atoms with van der Waals surface area (Å²) in [6.07, 6.45) is 3.62. The number of nitrogens with one attached hydrogen (secondary N) is 2. The first-order chi connectivity index (χ1) is 17.4. The molecule has 2 N–H and O–H groups in total. The molecule has 3 aromatic rings. The van der Waals surface area contributed by atoms with E-state index in [1.165, 1.54) is 0 Å². The molecule has 0 saturated carbocycles. The SMILES string of the molecule is CCC1(n2nc(Nc3ccc(C(C)(C)OC)cc3)c3c(=O)[nH]ccc32)CCN(C(=O)OC(C)(C)C)CC1. The standard InChI is InChI=1S/C28H39N5O4/c1-8-28(14-17-32(18-15-28)25(35)37-26(2,3)4)33-21-13-16-29-24(34)22(21)23(31-33)30-20-11-9-19(10-12-20)27(5,6)36-7/h9-13,16H,8,14-15,17-18H2,1-7H3,(H,29,34)(H,30,31). The average Bonchev–Trinajstić information content (AvgIpc) is 3.23. The maximum atomic E-state index is 12.9. The van der Waals surface area contributed by atoms with E-state index in [4.69, 9.17) is 14.6 Å². The van der Waals surface area contributed by atoms with Gasteiger partial charge in [-0.1, -0.05) is 19.1 Å². The Morgan fingerprint density at radius 2 is 1.76 bits per heavy atom. The van der Waals surface area contributed by atoms with Crippen LogP contribution in [0, 0.1) is 0 Å². The maximum absolute atomic E-state index is 12.9. The molecule has 2 aromatic heterocycles. The highest BCUT2D eigenvalue weighted by atomic mass is 16.6. The number of rotatable bonds is 6. The van der Waals surface area contributed by atoms with E-state index in [0.717, 1.165) is 23.2 Å². The van der Waals surface area contributed by atoms with Crippen LogP contribution in [0.4, 0.5) is 16.3 Å². The van der Waals surface area contributed by atoms with Crippen LogP contribution in [0.3, 0.4) is 0 Å². The van der Waals surface area contributed by atoms with Crippen LogP contribution in [-0.2, 0) is 20.6 Å². The van der Waals surface area contributed by atoms with E-state index < -0.39 is 11.2 Å². The van der Waals surface area contributed by atoms with E-state index in [1.54, 1.807) is 18.2 Å². The van der Waals surface area contributed by atoms with Crippen molar-refractivity contribution < 1.29 is 14.3 Å². The number of aromatic nitrogens is 3. The Morgan fingerprint density at radius 3 is 2.32 bits per heavy atom. The minimum atomic E-state index is -0.534. The summed E-state index contributed by atoms with van der Waals surface area (Å²) in [7, 11) is 1.69. The van der Waals surface area contributed by atoms with Gasteiger partial charge >= 0.3 is 6.09 Å². The molecule has 3 heterocycles. The molecule has 9 heteroatoms. The topological polar surface area (TPSA) is 101 Å². The van der Waals surface area contributed by atoms with E-state index in [1.807, 2.05) is 69.6 Å². The summed E-state index contributed by atoms with van der Waals surface area (Å²) in [4.78, 5) is 30.1. The predicted octanol–water partition coefficient (Wildman–Crippen LogP) is 5.49. The number of amides is 1. The van der Waals surface area contributed by atoms with Gasteiger partial charge < -0.3 is 24.7 Å². The fraction of sp³-hybridized carbons (Fsp3) is 0.536. The number of anilines is 2. The molecule has 1 aliphatic rings. The Kier molecular flexibility index (Phi) is 7.12. The minimum Gasteiger partial charge on any atom is -0.444 e. The maximum Gasteiger partial charge on any atom is 0.410 e. The first kappa shape index (κ1) is 26.7. The second-order valence-electron chi connectivity index (χ2n) is 11.3. The number of methoxy groups -OCH3 is 1. The van der Waals surface area contributed by atoms with Gasteiger partial charge in [0, 0.05) is 32.1 Å². The first-order valence-electron chi connectivity index (χ1n) is 12.9. The van der Waals surface area contributed by atoms with E-state index in [2.05, 4.69) is 17.2 Å². The van der Waals surface area contributed by atoms with Crippen molar-refractivity contribution >= 4 is 28.5 Å². The summed E-state index contributed by atoms with van der Waals surface area (Å²) >= 11 is 0. The number of fused-ring (bicyclic) bond motifs is 1. The quantitative estimate of drug-likeness (QED) is 0.456. The number of piperidine rings is 1. The number of aromatic amines is 1. The number of H-pyrrole nitrogens is 1. The van der Waals surface area contributed by atoms with Gasteiger partial charge in [0.1, 0.15) is 11.0 Å². The summed E-state index contributed by atoms with van der Waals surface area (Å²) in [5, 5.41) is 8.84. The van der Waals surface area contributed by atoms with Crippen molar-refractivity contribution in [3.05, 3.63) is 52.4 Å². The monoisotopic (exact) mass is 509 g/mol. The Balaban J connectivity index is 1.65. The Labute approximate surface area is 218 Å². The van der Waals surface area contributed by atoms with Crippen molar-refractivity contribution in [2.45, 2.75) is 77.5 Å². The fourth-order valence-electron chi connectivity index (χ4n) is 4.88. The number of nitrogens with zero attached hydrogens (tertiary/aromatic N) is 3. The highest BCUT2D eigenvalue weighted by Crippen LogP contribution is 2.38. The van der Waals surface area contributed by atoms with Crippen LogP contribution in [0.25, 0.3) is 10.9 Å². The molecule has 37 heavy (non-hydrogen) atoms. The third kappa shape index (κ3) is 5.37. The molecule has 9 nitrogen and oxygen atoms in total. The van der Waals surface area contributed by atoms with Crippen molar-refractivity contribution in [3.63, 3.8) is 0 Å². The second-order valence-corrected chi connectivity index (χ2v) is 11.3. The van der Waals surface area contributed by atoms with Gasteiger partial charge in [0.2, 0.25) is 0 Å². The lowest BCUT2D eigenvalue weighted by atomic mass is 9.85. The lowest BCUT2D eigenvalue weighted by molar-refractivity contribution is 0.0100. The van der Waals surface area contributed by atoms with Crippen LogP contribution in [0.2, 0.25) is 0 Å². The number of pyridine rings is 1. The largest absolute Gasteiger partial charge is 0.444 e. The molecule has 200 valence electrons. The summed E-state index contributed by atoms with van der Waals surface area (Å²) in [5.41, 5.74) is 1.21. The zero-order chi connectivity index (χ0) is 27.0. The van der Waals surface area contributed by atoms with Crippen molar-refractivity contribution in [1.29, 1.82) is 0 Å². The number of hydrogen-bond acceptors (Lipinski definition) is 6. The third-order valence-corrected chi connectivity index (χ3v) is 7.41. The lowest BCUT2D eigenvalue weighted by Gasteiger charge is -2.42. The Morgan fingerprint density at radius 1 is 1.11 bits per heavy atom. The van der Waals surface area contributed by atoms with Gasteiger partial charge in [0.05, 0.1) is 16.7 Å². The zero-order valence-corrected chi connectivity index (χ0v) is 23.0. The number of carbonyl (C=O) groups is 1. The van der Waals surface area contributed by atoms with Crippen LogP contribution in [0.15, 0.2) is 41.3 Å². The van der Waals surface area contributed by atoms with E-state index in [9.17, 15) is 9.59 Å². The summed E-state index contributed by atoms with van der Waals surface area (Å²) in [6.45, 7) is 12.9. The van der Waals surface area contributed by atoms with Gasteiger partial charge in [-0.15, -0.1) is 0 Å². The third-order valence-electron chi connectivity index (χ3n) is 7.41. The van der Waals surface area contributed by atoms with Crippen LogP contribution >= 0.6 is 0 Å². The molecule has 1 aromatic carbocycles. The number of likely N-dealkylation sites (tertiary alicyclic amines) is 1. The van der Waals surface area contributed by atoms with E-state index in [-0.39, 0.29) is 17.2 Å². The Bertz CT molecular complexity index is 1310. The van der Waals surface area contributed by atoms with Gasteiger partial charge in [-0.25, -0.2) is 4.79 Å². The van der Waals surface area contributed by atoms with Gasteiger partial charge in [-0.05, 0) is 77.6 Å². The number of carbonyl (C=O) groups excluding carboxylic acids is 1. The van der Waals surface area contributed by atoms with E-state index >= 15 is 0 Å². The number of ether oxygens (including phenoxy) is 2. The van der Waals surface area contributed by atoms with Gasteiger partial charge in [-0.3, -0.25) is 9.48 Å². The first-order valence-corrected chi connectivity index (χ1v) is 12.9. The second kappa shape index (κ2) is 9.85. The molecular formula is C28H39N5O4. The summed E-state index contributed by atoms with van der Waals surface area (Å²) in [5.74, 6) is 0.512. The molecular weight excluding hydrogens is 470 g/mol. The Hall–Kier alpha value is -3.33. The van der Waals surface area contributed by atoms with Gasteiger partial charge in [-0.2, -0.15) is 5.10 Å². The molecule has 1 fully saturated rings. The van der Waals surface area contributed by atoms with Crippen molar-refractivity contribution in [1.82, 2.24) is 19.7 Å². The normalized spacial score (nSPS) is 16.1. The van der Waals surface area contributed by atoms with Crippen molar-refractivity contribution in [2.75, 3.05) is 25.5 Å². The molecule has 0 radical (unpaired) electrons. The van der Waals surface area contributed by atoms with Gasteiger partial charge in [0.15, 0.2) is 5.82 Å². The van der Waals surface area contributed by atoms with E-state index in [0.29, 0.717) is 37.1 Å². The molecule has 0 aliphatic carbocycles. The smallest absolute Gasteiger partial charge is 0.410 e. The molecule has 0 atom stereocenters. The molecule has 1 amide bonds. The van der Waals surface area contributed by atoms with Crippen LogP contribution in [0.5, 0.6) is 0 Å². The minimum absolute atomic E-state index is 0.194. The zero-order valence-electron chi connectivity index (χ0n) is 23.0. The molecule has 0 bridgehead atoms. The molecule has 0 unspecified atom stereocenters. The number of benzene rings is 1. The predicted molar refractivity (Wildman–Crippen MR) is 145 cm³/mol. The van der Waals surface area contributed by atoms with Crippen LogP contribution in [-0.4, -0.2) is 51.6 Å². The van der Waals surface area contributed by atoms with Crippen LogP contribution < -0.4 is 10.9 Å². The fourth-order valence-corrected chi connectivity index (χ4v) is 4.88. The number of hydrogen-bond donors (Lipinski definition) is 2. The lowest BCUT2D eigenvalue weighted by Crippen LogP contribution is -2.49. The average molecular weight is 510 g/mol.